The molecule has 15 heteroatoms. The summed E-state index contributed by atoms with van der Waals surface area (Å²) in [6.45, 7) is -0.00857. The van der Waals surface area contributed by atoms with Crippen molar-refractivity contribution in [1.29, 1.82) is 0 Å². The van der Waals surface area contributed by atoms with Gasteiger partial charge in [0.2, 0.25) is 5.82 Å². The van der Waals surface area contributed by atoms with Crippen LogP contribution in [0.1, 0.15) is 12.1 Å². The molecule has 1 aliphatic heterocycles. The molecule has 1 aliphatic rings. The molecule has 0 unspecified atom stereocenters. The van der Waals surface area contributed by atoms with Gasteiger partial charge in [-0.05, 0) is 50.9 Å². The van der Waals surface area contributed by atoms with Crippen molar-refractivity contribution in [3.05, 3.63) is 34.2 Å². The smallest absolute Gasteiger partial charge is 0.281 e. The van der Waals surface area contributed by atoms with Crippen LogP contribution in [0.5, 0.6) is 0 Å². The van der Waals surface area contributed by atoms with E-state index in [2.05, 4.69) is 36.6 Å². The van der Waals surface area contributed by atoms with Gasteiger partial charge in [-0.15, -0.1) is 0 Å². The molecule has 3 rings (SSSR count). The van der Waals surface area contributed by atoms with Gasteiger partial charge < -0.3 is 10.4 Å². The van der Waals surface area contributed by atoms with Crippen LogP contribution >= 0.6 is 15.9 Å². The number of anilines is 1. The second-order valence-electron chi connectivity index (χ2n) is 7.08. The lowest BCUT2D eigenvalue weighted by Crippen LogP contribution is -2.44. The number of rotatable bonds is 7. The molecular weight excluding hydrogens is 501 g/mol. The fourth-order valence-electron chi connectivity index (χ4n) is 2.91. The number of hydrogen-bond donors (Lipinski definition) is 4. The highest BCUT2D eigenvalue weighted by Crippen LogP contribution is 2.26. The van der Waals surface area contributed by atoms with E-state index in [0.29, 0.717) is 5.69 Å². The van der Waals surface area contributed by atoms with E-state index in [1.165, 1.54) is 36.6 Å². The molecule has 31 heavy (non-hydrogen) atoms. The molecule has 0 bridgehead atoms. The van der Waals surface area contributed by atoms with Gasteiger partial charge in [-0.1, -0.05) is 0 Å². The number of hydrogen-bond acceptors (Lipinski definition) is 9. The first kappa shape index (κ1) is 23.5. The average Bonchev–Trinajstić information content (AvgIpc) is 3.34. The van der Waals surface area contributed by atoms with E-state index in [1.807, 2.05) is 5.48 Å². The van der Waals surface area contributed by atoms with Crippen LogP contribution in [0.3, 0.4) is 0 Å². The van der Waals surface area contributed by atoms with E-state index in [0.717, 1.165) is 4.31 Å². The summed E-state index contributed by atoms with van der Waals surface area (Å²) in [7, 11) is -0.812. The van der Waals surface area contributed by atoms with Gasteiger partial charge in [-0.3, -0.25) is 10.7 Å². The largest absolute Gasteiger partial charge is 0.387 e. The van der Waals surface area contributed by atoms with E-state index in [1.54, 1.807) is 0 Å². The van der Waals surface area contributed by atoms with Crippen LogP contribution in [-0.2, 0) is 10.2 Å². The Hall–Kier alpha value is -2.17. The number of β-amino-alcohol motifs (C(OH)–C–C–N with tert-alkyl or cyclic N) is 1. The fourth-order valence-corrected chi connectivity index (χ4v) is 4.47. The summed E-state index contributed by atoms with van der Waals surface area (Å²) in [5.74, 6) is -0.556. The Morgan fingerprint density at radius 1 is 1.45 bits per heavy atom. The Balaban J connectivity index is 1.74. The third-order valence-corrected chi connectivity index (χ3v) is 7.13. The zero-order chi connectivity index (χ0) is 22.8. The highest BCUT2D eigenvalue weighted by atomic mass is 79.9. The second kappa shape index (κ2) is 9.13. The zero-order valence-corrected chi connectivity index (χ0v) is 19.0. The van der Waals surface area contributed by atoms with Crippen molar-refractivity contribution in [3.8, 4) is 0 Å². The molecule has 1 saturated heterocycles. The molecule has 12 nitrogen and oxygen atoms in total. The standard InChI is InChI=1S/C16H21BrFN7O5S/c1-24(2)31(28,29)25-6-5-16(26,9-25)8-19-14-13(22-30-23-14)15(21-27)20-10-3-4-12(18)11(17)7-10/h3-4,7,26-27H,5-6,8-9H2,1-2H3,(H,19,23)(H,20,21)/t16-/m1/s1. The SMILES string of the molecule is CN(C)S(=O)(=O)N1CC[C@@](O)(CNc2nonc2C(=Nc2ccc(F)c(Br)c2)NO)C1. The number of nitrogens with one attached hydrogen (secondary N) is 2. The number of benzene rings is 1. The minimum Gasteiger partial charge on any atom is -0.387 e. The predicted octanol–water partition coefficient (Wildman–Crippen LogP) is 0.683. The van der Waals surface area contributed by atoms with Crippen LogP contribution in [0.4, 0.5) is 15.9 Å². The topological polar surface area (TPSA) is 156 Å². The van der Waals surface area contributed by atoms with Gasteiger partial charge in [0.15, 0.2) is 11.5 Å². The van der Waals surface area contributed by atoms with Crippen LogP contribution in [0.25, 0.3) is 0 Å². The van der Waals surface area contributed by atoms with Gasteiger partial charge in [-0.25, -0.2) is 14.0 Å². The number of aliphatic hydroxyl groups is 1. The highest BCUT2D eigenvalue weighted by molar-refractivity contribution is 9.10. The van der Waals surface area contributed by atoms with Crippen molar-refractivity contribution < 1.29 is 27.8 Å². The molecule has 1 aromatic heterocycles. The van der Waals surface area contributed by atoms with E-state index < -0.39 is 21.6 Å². The van der Waals surface area contributed by atoms with E-state index in [4.69, 9.17) is 4.63 Å². The minimum absolute atomic E-state index is 0.00214. The van der Waals surface area contributed by atoms with Crippen molar-refractivity contribution in [3.63, 3.8) is 0 Å². The molecule has 0 saturated carbocycles. The molecule has 4 N–H and O–H groups in total. The van der Waals surface area contributed by atoms with Crippen LogP contribution < -0.4 is 10.8 Å². The minimum atomic E-state index is -3.65. The van der Waals surface area contributed by atoms with Gasteiger partial charge in [0.05, 0.1) is 15.8 Å². The molecule has 0 amide bonds. The molecule has 0 aliphatic carbocycles. The maximum atomic E-state index is 13.4. The first-order valence-corrected chi connectivity index (χ1v) is 11.2. The lowest BCUT2D eigenvalue weighted by molar-refractivity contribution is 0.0691. The normalized spacial score (nSPS) is 20.4. The Bertz CT molecular complexity index is 1080. The first-order valence-electron chi connectivity index (χ1n) is 8.96. The Labute approximate surface area is 186 Å². The number of aliphatic imine (C=N–C) groups is 1. The van der Waals surface area contributed by atoms with Gasteiger partial charge in [0.1, 0.15) is 5.82 Å². The Morgan fingerprint density at radius 2 is 2.19 bits per heavy atom. The summed E-state index contributed by atoms with van der Waals surface area (Å²) in [6, 6.07) is 3.98. The lowest BCUT2D eigenvalue weighted by atomic mass is 10.0. The summed E-state index contributed by atoms with van der Waals surface area (Å²) in [5.41, 5.74) is 0.837. The first-order chi connectivity index (χ1) is 14.6. The lowest BCUT2D eigenvalue weighted by Gasteiger charge is -2.25. The Kier molecular flexibility index (Phi) is 6.92. The molecule has 1 aromatic carbocycles. The molecule has 1 atom stereocenters. The summed E-state index contributed by atoms with van der Waals surface area (Å²) < 4.78 is 45.1. The number of aromatic nitrogens is 2. The van der Waals surface area contributed by atoms with Gasteiger partial charge >= 0.3 is 0 Å². The Morgan fingerprint density at radius 3 is 2.84 bits per heavy atom. The third-order valence-electron chi connectivity index (χ3n) is 4.63. The van der Waals surface area contributed by atoms with Crippen molar-refractivity contribution in [1.82, 2.24) is 24.4 Å². The molecule has 0 radical (unpaired) electrons. The van der Waals surface area contributed by atoms with Gasteiger partial charge in [-0.2, -0.15) is 17.0 Å². The van der Waals surface area contributed by atoms with Gasteiger partial charge in [0.25, 0.3) is 10.2 Å². The maximum absolute atomic E-state index is 13.4. The summed E-state index contributed by atoms with van der Waals surface area (Å²) in [6.07, 6.45) is 0.205. The summed E-state index contributed by atoms with van der Waals surface area (Å²) >= 11 is 3.05. The molecule has 1 fully saturated rings. The van der Waals surface area contributed by atoms with Crippen LogP contribution in [0.2, 0.25) is 0 Å². The molecule has 2 heterocycles. The molecule has 2 aromatic rings. The third kappa shape index (κ3) is 5.19. The highest BCUT2D eigenvalue weighted by Gasteiger charge is 2.42. The summed E-state index contributed by atoms with van der Waals surface area (Å²) in [5, 5.41) is 30.5. The predicted molar refractivity (Wildman–Crippen MR) is 112 cm³/mol. The van der Waals surface area contributed by atoms with Crippen molar-refractivity contribution in [2.45, 2.75) is 12.0 Å². The monoisotopic (exact) mass is 521 g/mol. The number of amidine groups is 1. The average molecular weight is 522 g/mol. The number of nitrogens with zero attached hydrogens (tertiary/aromatic N) is 5. The van der Waals surface area contributed by atoms with Crippen LogP contribution in [0, 0.1) is 5.82 Å². The van der Waals surface area contributed by atoms with Crippen LogP contribution in [-0.4, -0.2) is 82.8 Å². The number of halogens is 2. The molecule has 0 spiro atoms. The maximum Gasteiger partial charge on any atom is 0.281 e. The zero-order valence-electron chi connectivity index (χ0n) is 16.6. The fraction of sp³-hybridized carbons (Fsp3) is 0.438. The quantitative estimate of drug-likeness (QED) is 0.233. The van der Waals surface area contributed by atoms with E-state index in [9.17, 15) is 23.1 Å². The molecular formula is C16H21BrFN7O5S. The van der Waals surface area contributed by atoms with Crippen molar-refractivity contribution in [2.75, 3.05) is 39.0 Å². The molecule has 170 valence electrons. The van der Waals surface area contributed by atoms with Gasteiger partial charge in [0, 0.05) is 33.7 Å². The summed E-state index contributed by atoms with van der Waals surface area (Å²) in [4.78, 5) is 4.14. The van der Waals surface area contributed by atoms with Crippen molar-refractivity contribution in [2.24, 2.45) is 4.99 Å². The number of hydroxylamine groups is 1. The second-order valence-corrected chi connectivity index (χ2v) is 10.1. The van der Waals surface area contributed by atoms with Crippen molar-refractivity contribution >= 4 is 43.5 Å². The van der Waals surface area contributed by atoms with E-state index in [-0.39, 0.29) is 47.9 Å². The van der Waals surface area contributed by atoms with Crippen LogP contribution in [0.15, 0.2) is 32.3 Å². The van der Waals surface area contributed by atoms with E-state index >= 15 is 0 Å².